The molecule has 5 heteroatoms. The minimum atomic E-state index is 0.0581. The van der Waals surface area contributed by atoms with Crippen molar-refractivity contribution < 1.29 is 9.21 Å². The topological polar surface area (TPSA) is 33.5 Å². The number of hydrogen-bond acceptors (Lipinski definition) is 3. The van der Waals surface area contributed by atoms with E-state index in [0.29, 0.717) is 15.5 Å². The van der Waals surface area contributed by atoms with Gasteiger partial charge in [-0.05, 0) is 22.0 Å². The summed E-state index contributed by atoms with van der Waals surface area (Å²) in [5.41, 5.74) is 0.620. The van der Waals surface area contributed by atoms with Gasteiger partial charge in [-0.1, -0.05) is 6.92 Å². The number of amides is 1. The van der Waals surface area contributed by atoms with Gasteiger partial charge in [-0.15, -0.1) is 0 Å². The second kappa shape index (κ2) is 4.61. The normalized spacial score (nSPS) is 21.7. The SMILES string of the molecule is CC1CN(C(=O)c2ccoc2Br)CCS1. The first-order valence-corrected chi connectivity index (χ1v) is 6.66. The van der Waals surface area contributed by atoms with E-state index in [1.165, 1.54) is 6.26 Å². The van der Waals surface area contributed by atoms with E-state index in [0.717, 1.165) is 18.8 Å². The molecule has 0 radical (unpaired) electrons. The molecular weight excluding hydrogens is 278 g/mol. The Morgan fingerprint density at radius 3 is 3.13 bits per heavy atom. The molecule has 2 heterocycles. The lowest BCUT2D eigenvalue weighted by Gasteiger charge is -2.30. The van der Waals surface area contributed by atoms with Crippen LogP contribution in [0.4, 0.5) is 0 Å². The summed E-state index contributed by atoms with van der Waals surface area (Å²) in [6.07, 6.45) is 1.53. The smallest absolute Gasteiger partial charge is 0.258 e. The van der Waals surface area contributed by atoms with Gasteiger partial charge in [0, 0.05) is 24.1 Å². The number of carbonyl (C=O) groups is 1. The van der Waals surface area contributed by atoms with Gasteiger partial charge >= 0.3 is 0 Å². The largest absolute Gasteiger partial charge is 0.457 e. The van der Waals surface area contributed by atoms with Crippen molar-refractivity contribution in [3.63, 3.8) is 0 Å². The van der Waals surface area contributed by atoms with Gasteiger partial charge in [0.25, 0.3) is 5.91 Å². The average Bonchev–Trinajstić information content (AvgIpc) is 2.63. The zero-order valence-electron chi connectivity index (χ0n) is 8.40. The fourth-order valence-corrected chi connectivity index (χ4v) is 3.04. The molecule has 0 saturated carbocycles. The molecular formula is C10H12BrNO2S. The molecule has 0 spiro atoms. The molecule has 3 nitrogen and oxygen atoms in total. The Bertz CT molecular complexity index is 366. The summed E-state index contributed by atoms with van der Waals surface area (Å²) in [6, 6.07) is 1.71. The number of halogens is 1. The van der Waals surface area contributed by atoms with Crippen molar-refractivity contribution in [2.45, 2.75) is 12.2 Å². The van der Waals surface area contributed by atoms with Crippen LogP contribution in [-0.2, 0) is 0 Å². The maximum atomic E-state index is 12.1. The van der Waals surface area contributed by atoms with Crippen LogP contribution in [0.1, 0.15) is 17.3 Å². The molecule has 1 aliphatic rings. The van der Waals surface area contributed by atoms with Crippen molar-refractivity contribution in [2.24, 2.45) is 0 Å². The summed E-state index contributed by atoms with van der Waals surface area (Å²) in [6.45, 7) is 3.79. The molecule has 0 N–H and O–H groups in total. The maximum Gasteiger partial charge on any atom is 0.258 e. The summed E-state index contributed by atoms with van der Waals surface area (Å²) in [5.74, 6) is 1.07. The minimum absolute atomic E-state index is 0.0581. The van der Waals surface area contributed by atoms with Crippen molar-refractivity contribution in [3.05, 3.63) is 22.6 Å². The molecule has 1 amide bonds. The van der Waals surface area contributed by atoms with Crippen LogP contribution in [0.15, 0.2) is 21.4 Å². The van der Waals surface area contributed by atoms with Crippen LogP contribution >= 0.6 is 27.7 Å². The minimum Gasteiger partial charge on any atom is -0.457 e. The molecule has 1 saturated heterocycles. The summed E-state index contributed by atoms with van der Waals surface area (Å²) < 4.78 is 5.59. The summed E-state index contributed by atoms with van der Waals surface area (Å²) >= 11 is 5.14. The van der Waals surface area contributed by atoms with Gasteiger partial charge in [-0.2, -0.15) is 11.8 Å². The lowest BCUT2D eigenvalue weighted by Crippen LogP contribution is -2.40. The third-order valence-electron chi connectivity index (χ3n) is 2.38. The van der Waals surface area contributed by atoms with Gasteiger partial charge in [0.2, 0.25) is 0 Å². The molecule has 1 aliphatic heterocycles. The number of rotatable bonds is 1. The molecule has 0 aromatic carbocycles. The van der Waals surface area contributed by atoms with Crippen LogP contribution in [-0.4, -0.2) is 34.9 Å². The van der Waals surface area contributed by atoms with Gasteiger partial charge < -0.3 is 9.32 Å². The van der Waals surface area contributed by atoms with Gasteiger partial charge in [-0.3, -0.25) is 4.79 Å². The van der Waals surface area contributed by atoms with E-state index in [9.17, 15) is 4.79 Å². The standard InChI is InChI=1S/C10H12BrNO2S/c1-7-6-12(3-5-15-7)10(13)8-2-4-14-9(8)11/h2,4,7H,3,5-6H2,1H3. The molecule has 1 fully saturated rings. The number of thioether (sulfide) groups is 1. The first kappa shape index (κ1) is 11.1. The zero-order valence-corrected chi connectivity index (χ0v) is 10.8. The Hall–Kier alpha value is -0.420. The quantitative estimate of drug-likeness (QED) is 0.797. The predicted molar refractivity (Wildman–Crippen MR) is 64.2 cm³/mol. The third-order valence-corrected chi connectivity index (χ3v) is 4.13. The van der Waals surface area contributed by atoms with Crippen molar-refractivity contribution >= 4 is 33.6 Å². The fourth-order valence-electron chi connectivity index (χ4n) is 1.62. The predicted octanol–water partition coefficient (Wildman–Crippen LogP) is 2.62. The molecule has 2 rings (SSSR count). The second-order valence-corrected chi connectivity index (χ2v) is 5.81. The highest BCUT2D eigenvalue weighted by atomic mass is 79.9. The summed E-state index contributed by atoms with van der Waals surface area (Å²) in [5, 5.41) is 0.522. The Kier molecular flexibility index (Phi) is 3.41. The van der Waals surface area contributed by atoms with E-state index < -0.39 is 0 Å². The van der Waals surface area contributed by atoms with Crippen molar-refractivity contribution in [1.29, 1.82) is 0 Å². The number of furan rings is 1. The van der Waals surface area contributed by atoms with Crippen molar-refractivity contribution in [3.8, 4) is 0 Å². The summed E-state index contributed by atoms with van der Waals surface area (Å²) in [4.78, 5) is 13.9. The monoisotopic (exact) mass is 289 g/mol. The Morgan fingerprint density at radius 1 is 1.73 bits per heavy atom. The highest BCUT2D eigenvalue weighted by Gasteiger charge is 2.24. The molecule has 0 aliphatic carbocycles. The van der Waals surface area contributed by atoms with E-state index in [2.05, 4.69) is 22.9 Å². The van der Waals surface area contributed by atoms with Crippen molar-refractivity contribution in [1.82, 2.24) is 4.90 Å². The highest BCUT2D eigenvalue weighted by Crippen LogP contribution is 2.23. The Labute approximate surface area is 101 Å². The van der Waals surface area contributed by atoms with Crippen molar-refractivity contribution in [2.75, 3.05) is 18.8 Å². The third kappa shape index (κ3) is 2.39. The van der Waals surface area contributed by atoms with Gasteiger partial charge in [-0.25, -0.2) is 0 Å². The second-order valence-electron chi connectivity index (χ2n) is 3.54. The Balaban J connectivity index is 2.11. The molecule has 1 atom stereocenters. The molecule has 15 heavy (non-hydrogen) atoms. The molecule has 82 valence electrons. The maximum absolute atomic E-state index is 12.1. The van der Waals surface area contributed by atoms with E-state index >= 15 is 0 Å². The van der Waals surface area contributed by atoms with Gasteiger partial charge in [0.1, 0.15) is 0 Å². The van der Waals surface area contributed by atoms with Crippen LogP contribution in [0.5, 0.6) is 0 Å². The van der Waals surface area contributed by atoms with E-state index in [4.69, 9.17) is 4.42 Å². The molecule has 1 aromatic rings. The first-order chi connectivity index (χ1) is 7.18. The number of carbonyl (C=O) groups excluding carboxylic acids is 1. The number of nitrogens with zero attached hydrogens (tertiary/aromatic N) is 1. The first-order valence-electron chi connectivity index (χ1n) is 4.82. The van der Waals surface area contributed by atoms with Crippen LogP contribution < -0.4 is 0 Å². The number of hydrogen-bond donors (Lipinski definition) is 0. The van der Waals surface area contributed by atoms with Gasteiger partial charge in [0.15, 0.2) is 4.67 Å². The lowest BCUT2D eigenvalue weighted by atomic mass is 10.2. The van der Waals surface area contributed by atoms with Crippen LogP contribution in [0, 0.1) is 0 Å². The molecule has 1 unspecified atom stereocenters. The van der Waals surface area contributed by atoms with Crippen LogP contribution in [0.2, 0.25) is 0 Å². The summed E-state index contributed by atoms with van der Waals surface area (Å²) in [7, 11) is 0. The van der Waals surface area contributed by atoms with Crippen LogP contribution in [0.3, 0.4) is 0 Å². The molecule has 0 bridgehead atoms. The Morgan fingerprint density at radius 2 is 2.53 bits per heavy atom. The molecule has 1 aromatic heterocycles. The fraction of sp³-hybridized carbons (Fsp3) is 0.500. The van der Waals surface area contributed by atoms with Gasteiger partial charge in [0.05, 0.1) is 11.8 Å². The van der Waals surface area contributed by atoms with Crippen LogP contribution in [0.25, 0.3) is 0 Å². The van der Waals surface area contributed by atoms with E-state index in [1.54, 1.807) is 6.07 Å². The zero-order chi connectivity index (χ0) is 10.8. The van der Waals surface area contributed by atoms with E-state index in [-0.39, 0.29) is 5.91 Å². The highest BCUT2D eigenvalue weighted by molar-refractivity contribution is 9.10. The average molecular weight is 290 g/mol. The lowest BCUT2D eigenvalue weighted by molar-refractivity contribution is 0.0761. The van der Waals surface area contributed by atoms with E-state index in [1.807, 2.05) is 16.7 Å².